The minimum absolute atomic E-state index is 0.00747. The molecule has 0 atom stereocenters. The molecule has 0 unspecified atom stereocenters. The average Bonchev–Trinajstić information content (AvgIpc) is 2.55. The van der Waals surface area contributed by atoms with Crippen molar-refractivity contribution in [3.63, 3.8) is 0 Å². The van der Waals surface area contributed by atoms with Crippen LogP contribution in [0.15, 0.2) is 45.8 Å². The summed E-state index contributed by atoms with van der Waals surface area (Å²) in [5, 5.41) is 19.9. The summed E-state index contributed by atoms with van der Waals surface area (Å²) >= 11 is 0. The van der Waals surface area contributed by atoms with Crippen molar-refractivity contribution in [2.75, 3.05) is 14.2 Å². The summed E-state index contributed by atoms with van der Waals surface area (Å²) in [4.78, 5) is 12.7. The minimum Gasteiger partial charge on any atom is -0.508 e. The first kappa shape index (κ1) is 14.8. The molecule has 0 aliphatic carbocycles. The lowest BCUT2D eigenvalue weighted by molar-refractivity contribution is 0.341. The van der Waals surface area contributed by atoms with Gasteiger partial charge in [-0.1, -0.05) is 0 Å². The second-order valence-electron chi connectivity index (χ2n) is 4.86. The van der Waals surface area contributed by atoms with Gasteiger partial charge in [0, 0.05) is 11.6 Å². The molecule has 118 valence electrons. The van der Waals surface area contributed by atoms with Crippen LogP contribution in [0, 0.1) is 0 Å². The molecule has 1 aromatic heterocycles. The van der Waals surface area contributed by atoms with Gasteiger partial charge in [-0.2, -0.15) is 0 Å². The Labute approximate surface area is 131 Å². The fourth-order valence-electron chi connectivity index (χ4n) is 2.44. The van der Waals surface area contributed by atoms with E-state index < -0.39 is 0 Å². The third kappa shape index (κ3) is 2.34. The van der Waals surface area contributed by atoms with Crippen molar-refractivity contribution in [3.05, 3.63) is 46.8 Å². The van der Waals surface area contributed by atoms with Gasteiger partial charge < -0.3 is 24.1 Å². The van der Waals surface area contributed by atoms with Crippen molar-refractivity contribution in [2.24, 2.45) is 0 Å². The quantitative estimate of drug-likeness (QED) is 0.772. The summed E-state index contributed by atoms with van der Waals surface area (Å²) in [7, 11) is 2.81. The Hall–Kier alpha value is -3.15. The molecular formula is C17H14O6. The van der Waals surface area contributed by atoms with Gasteiger partial charge in [-0.3, -0.25) is 4.79 Å². The Balaban J connectivity index is 2.29. The first-order valence-electron chi connectivity index (χ1n) is 6.75. The van der Waals surface area contributed by atoms with E-state index in [4.69, 9.17) is 13.9 Å². The highest BCUT2D eigenvalue weighted by Crippen LogP contribution is 2.42. The molecule has 0 saturated carbocycles. The zero-order chi connectivity index (χ0) is 16.6. The van der Waals surface area contributed by atoms with Crippen LogP contribution in [0.3, 0.4) is 0 Å². The van der Waals surface area contributed by atoms with Gasteiger partial charge in [0.25, 0.3) is 0 Å². The fourth-order valence-corrected chi connectivity index (χ4v) is 2.44. The van der Waals surface area contributed by atoms with Crippen molar-refractivity contribution in [1.29, 1.82) is 0 Å². The van der Waals surface area contributed by atoms with E-state index in [2.05, 4.69) is 0 Å². The molecule has 0 amide bonds. The highest BCUT2D eigenvalue weighted by molar-refractivity contribution is 5.85. The zero-order valence-electron chi connectivity index (χ0n) is 12.5. The van der Waals surface area contributed by atoms with Gasteiger partial charge in [-0.15, -0.1) is 0 Å². The molecular weight excluding hydrogens is 300 g/mol. The molecule has 3 aromatic rings. The van der Waals surface area contributed by atoms with Crippen LogP contribution in [0.4, 0.5) is 0 Å². The normalized spacial score (nSPS) is 10.7. The Morgan fingerprint density at radius 3 is 2.48 bits per heavy atom. The van der Waals surface area contributed by atoms with Gasteiger partial charge in [0.2, 0.25) is 11.2 Å². The molecule has 2 N–H and O–H groups in total. The zero-order valence-corrected chi connectivity index (χ0v) is 12.5. The molecule has 0 aliphatic rings. The van der Waals surface area contributed by atoms with E-state index in [1.165, 1.54) is 44.7 Å². The van der Waals surface area contributed by atoms with Crippen LogP contribution in [0.1, 0.15) is 0 Å². The van der Waals surface area contributed by atoms with Crippen LogP contribution in [0.25, 0.3) is 22.1 Å². The SMILES string of the molecule is COc1ccc(-c2coc3cc(O)ccc3c2=O)c(OC)c1O. The van der Waals surface area contributed by atoms with Gasteiger partial charge >= 0.3 is 0 Å². The second kappa shape index (κ2) is 5.57. The summed E-state index contributed by atoms with van der Waals surface area (Å²) in [6.07, 6.45) is 1.27. The van der Waals surface area contributed by atoms with E-state index in [-0.39, 0.29) is 39.6 Å². The third-order valence-electron chi connectivity index (χ3n) is 3.57. The average molecular weight is 314 g/mol. The molecule has 0 saturated heterocycles. The number of hydrogen-bond acceptors (Lipinski definition) is 6. The van der Waals surface area contributed by atoms with Crippen molar-refractivity contribution in [3.8, 4) is 34.1 Å². The monoisotopic (exact) mass is 314 g/mol. The topological polar surface area (TPSA) is 89.1 Å². The molecule has 0 spiro atoms. The molecule has 23 heavy (non-hydrogen) atoms. The second-order valence-corrected chi connectivity index (χ2v) is 4.86. The van der Waals surface area contributed by atoms with Gasteiger partial charge in [-0.05, 0) is 24.3 Å². The highest BCUT2D eigenvalue weighted by atomic mass is 16.5. The van der Waals surface area contributed by atoms with Gasteiger partial charge in [0.1, 0.15) is 17.6 Å². The molecule has 1 heterocycles. The molecule has 2 aromatic carbocycles. The van der Waals surface area contributed by atoms with Gasteiger partial charge in [0.05, 0.1) is 25.2 Å². The number of fused-ring (bicyclic) bond motifs is 1. The van der Waals surface area contributed by atoms with Crippen LogP contribution in [-0.2, 0) is 0 Å². The smallest absolute Gasteiger partial charge is 0.201 e. The van der Waals surface area contributed by atoms with E-state index in [9.17, 15) is 15.0 Å². The predicted octanol–water partition coefficient (Wildman–Crippen LogP) is 2.89. The first-order chi connectivity index (χ1) is 11.1. The third-order valence-corrected chi connectivity index (χ3v) is 3.57. The van der Waals surface area contributed by atoms with Crippen LogP contribution in [0.2, 0.25) is 0 Å². The van der Waals surface area contributed by atoms with Gasteiger partial charge in [0.15, 0.2) is 11.5 Å². The summed E-state index contributed by atoms with van der Waals surface area (Å²) in [5.41, 5.74) is 0.595. The maximum Gasteiger partial charge on any atom is 0.201 e. The molecule has 0 aliphatic heterocycles. The molecule has 0 bridgehead atoms. The van der Waals surface area contributed by atoms with E-state index in [1.54, 1.807) is 6.07 Å². The number of aromatic hydroxyl groups is 2. The maximum absolute atomic E-state index is 12.7. The number of phenolic OH excluding ortho intramolecular Hbond substituents is 2. The number of methoxy groups -OCH3 is 2. The van der Waals surface area contributed by atoms with Crippen LogP contribution < -0.4 is 14.9 Å². The molecule has 0 radical (unpaired) electrons. The summed E-state index contributed by atoms with van der Waals surface area (Å²) in [6, 6.07) is 7.40. The molecule has 6 nitrogen and oxygen atoms in total. The number of benzene rings is 2. The lowest BCUT2D eigenvalue weighted by Crippen LogP contribution is -2.05. The fraction of sp³-hybridized carbons (Fsp3) is 0.118. The molecule has 0 fully saturated rings. The summed E-state index contributed by atoms with van der Waals surface area (Å²) in [5.74, 6) is 0.168. The summed E-state index contributed by atoms with van der Waals surface area (Å²) < 4.78 is 15.7. The van der Waals surface area contributed by atoms with Crippen molar-refractivity contribution < 1.29 is 24.1 Å². The first-order valence-corrected chi connectivity index (χ1v) is 6.75. The number of hydrogen-bond donors (Lipinski definition) is 2. The Kier molecular flexibility index (Phi) is 3.57. The predicted molar refractivity (Wildman–Crippen MR) is 84.4 cm³/mol. The van der Waals surface area contributed by atoms with Crippen LogP contribution >= 0.6 is 0 Å². The van der Waals surface area contributed by atoms with E-state index in [0.717, 1.165) is 0 Å². The van der Waals surface area contributed by atoms with Crippen molar-refractivity contribution in [2.45, 2.75) is 0 Å². The molecule has 6 heteroatoms. The Bertz CT molecular complexity index is 942. The van der Waals surface area contributed by atoms with Crippen LogP contribution in [0.5, 0.6) is 23.0 Å². The van der Waals surface area contributed by atoms with E-state index in [1.807, 2.05) is 0 Å². The summed E-state index contributed by atoms with van der Waals surface area (Å²) in [6.45, 7) is 0. The van der Waals surface area contributed by atoms with Crippen LogP contribution in [-0.4, -0.2) is 24.4 Å². The minimum atomic E-state index is -0.297. The van der Waals surface area contributed by atoms with Crippen molar-refractivity contribution in [1.82, 2.24) is 0 Å². The largest absolute Gasteiger partial charge is 0.508 e. The van der Waals surface area contributed by atoms with Crippen molar-refractivity contribution >= 4 is 11.0 Å². The Morgan fingerprint density at radius 2 is 1.78 bits per heavy atom. The number of rotatable bonds is 3. The standard InChI is InChI=1S/C17H14O6/c1-21-13-6-5-10(17(22-2)16(13)20)12-8-23-14-7-9(18)3-4-11(14)15(12)19/h3-8,18,20H,1-2H3. The number of ether oxygens (including phenoxy) is 2. The maximum atomic E-state index is 12.7. The lowest BCUT2D eigenvalue weighted by atomic mass is 10.0. The van der Waals surface area contributed by atoms with E-state index >= 15 is 0 Å². The highest BCUT2D eigenvalue weighted by Gasteiger charge is 2.19. The lowest BCUT2D eigenvalue weighted by Gasteiger charge is -2.12. The van der Waals surface area contributed by atoms with Gasteiger partial charge in [-0.25, -0.2) is 0 Å². The Morgan fingerprint density at radius 1 is 1.00 bits per heavy atom. The molecule has 3 rings (SSSR count). The van der Waals surface area contributed by atoms with E-state index in [0.29, 0.717) is 10.9 Å². The number of phenols is 2.